The molecule has 0 amide bonds. The van der Waals surface area contributed by atoms with Crippen LogP contribution in [0, 0.1) is 0 Å². The quantitative estimate of drug-likeness (QED) is 0.570. The van der Waals surface area contributed by atoms with Gasteiger partial charge in [-0.1, -0.05) is 23.4 Å². The number of carbonyl (C=O) groups excluding carboxylic acids is 1. The highest BCUT2D eigenvalue weighted by atomic mass is 35.5. The van der Waals surface area contributed by atoms with Gasteiger partial charge in [0.05, 0.1) is 5.25 Å². The number of aromatic nitrogens is 3. The first-order chi connectivity index (χ1) is 11.1. The van der Waals surface area contributed by atoms with Gasteiger partial charge < -0.3 is 4.57 Å². The van der Waals surface area contributed by atoms with Crippen molar-refractivity contribution in [3.63, 3.8) is 0 Å². The number of hydrogen-bond donors (Lipinski definition) is 0. The van der Waals surface area contributed by atoms with E-state index in [1.54, 1.807) is 24.3 Å². The van der Waals surface area contributed by atoms with Crippen LogP contribution < -0.4 is 0 Å². The van der Waals surface area contributed by atoms with E-state index in [9.17, 15) is 4.79 Å². The minimum absolute atomic E-state index is 0.102. The Hall–Kier alpha value is -1.33. The molecule has 1 aromatic carbocycles. The van der Waals surface area contributed by atoms with Gasteiger partial charge >= 0.3 is 0 Å². The van der Waals surface area contributed by atoms with Crippen molar-refractivity contribution >= 4 is 29.1 Å². The van der Waals surface area contributed by atoms with Crippen LogP contribution in [0.15, 0.2) is 29.4 Å². The number of carbonyl (C=O) groups is 1. The van der Waals surface area contributed by atoms with E-state index in [0.717, 1.165) is 11.0 Å². The van der Waals surface area contributed by atoms with Gasteiger partial charge in [-0.15, -0.1) is 10.2 Å². The van der Waals surface area contributed by atoms with Crippen LogP contribution in [0.2, 0.25) is 5.02 Å². The first kappa shape index (κ1) is 15.2. The Morgan fingerprint density at radius 2 is 1.91 bits per heavy atom. The summed E-state index contributed by atoms with van der Waals surface area (Å²) in [7, 11) is 0. The van der Waals surface area contributed by atoms with Crippen LogP contribution in [0.1, 0.15) is 60.7 Å². The van der Waals surface area contributed by atoms with E-state index < -0.39 is 0 Å². The van der Waals surface area contributed by atoms with Crippen molar-refractivity contribution in [2.75, 3.05) is 0 Å². The van der Waals surface area contributed by atoms with Gasteiger partial charge in [-0.25, -0.2) is 0 Å². The van der Waals surface area contributed by atoms with Crippen LogP contribution in [0.25, 0.3) is 0 Å². The summed E-state index contributed by atoms with van der Waals surface area (Å²) in [6, 6.07) is 7.61. The number of Topliss-reactive ketones (excluding diaryl/α,β-unsaturated/α-hetero) is 1. The van der Waals surface area contributed by atoms with Gasteiger partial charge in [0.25, 0.3) is 0 Å². The Labute approximate surface area is 144 Å². The summed E-state index contributed by atoms with van der Waals surface area (Å²) in [5.41, 5.74) is 0.689. The predicted octanol–water partition coefficient (Wildman–Crippen LogP) is 4.51. The van der Waals surface area contributed by atoms with Crippen LogP contribution in [0.3, 0.4) is 0 Å². The maximum Gasteiger partial charge on any atom is 0.192 e. The molecular weight excluding hydrogens is 330 g/mol. The van der Waals surface area contributed by atoms with Crippen molar-refractivity contribution in [2.24, 2.45) is 0 Å². The maximum atomic E-state index is 12.6. The summed E-state index contributed by atoms with van der Waals surface area (Å²) < 4.78 is 2.29. The highest BCUT2D eigenvalue weighted by molar-refractivity contribution is 8.00. The van der Waals surface area contributed by atoms with E-state index in [-0.39, 0.29) is 11.0 Å². The molecule has 0 saturated heterocycles. The van der Waals surface area contributed by atoms with Gasteiger partial charge in [0.2, 0.25) is 0 Å². The molecule has 0 unspecified atom stereocenters. The second kappa shape index (κ2) is 5.95. The maximum absolute atomic E-state index is 12.6. The standard InChI is InChI=1S/C17H18ClN3OS/c1-10(15(22)11-4-6-13(18)7-5-11)23-17-20-19-16(12-2-3-12)21(17)14-8-9-14/h4-7,10,12,14H,2-3,8-9H2,1H3/t10-/m1/s1. The molecule has 0 radical (unpaired) electrons. The topological polar surface area (TPSA) is 47.8 Å². The third-order valence-electron chi connectivity index (χ3n) is 4.33. The molecule has 2 saturated carbocycles. The molecule has 4 rings (SSSR count). The van der Waals surface area contributed by atoms with Crippen molar-refractivity contribution < 1.29 is 4.79 Å². The zero-order valence-corrected chi connectivity index (χ0v) is 14.5. The SMILES string of the molecule is C[C@@H](Sc1nnc(C2CC2)n1C1CC1)C(=O)c1ccc(Cl)cc1. The molecule has 1 heterocycles. The summed E-state index contributed by atoms with van der Waals surface area (Å²) >= 11 is 7.41. The van der Waals surface area contributed by atoms with Crippen LogP contribution in [0.5, 0.6) is 0 Å². The van der Waals surface area contributed by atoms with Gasteiger partial charge in [-0.2, -0.15) is 0 Å². The average molecular weight is 348 g/mol. The molecule has 2 aliphatic carbocycles. The fraction of sp³-hybridized carbons (Fsp3) is 0.471. The minimum Gasteiger partial charge on any atom is -0.303 e. The molecule has 2 fully saturated rings. The number of thioether (sulfide) groups is 1. The van der Waals surface area contributed by atoms with Crippen molar-refractivity contribution in [3.05, 3.63) is 40.7 Å². The molecular formula is C17H18ClN3OS. The van der Waals surface area contributed by atoms with Crippen LogP contribution >= 0.6 is 23.4 Å². The smallest absolute Gasteiger partial charge is 0.192 e. The molecule has 23 heavy (non-hydrogen) atoms. The zero-order valence-electron chi connectivity index (χ0n) is 12.9. The zero-order chi connectivity index (χ0) is 16.0. The number of ketones is 1. The molecule has 1 aromatic heterocycles. The van der Waals surface area contributed by atoms with Gasteiger partial charge in [0.15, 0.2) is 10.9 Å². The second-order valence-corrected chi connectivity index (χ2v) is 8.09. The number of hydrogen-bond acceptors (Lipinski definition) is 4. The summed E-state index contributed by atoms with van der Waals surface area (Å²) in [5, 5.41) is 10.1. The number of halogens is 1. The van der Waals surface area contributed by atoms with Gasteiger partial charge in [0.1, 0.15) is 5.82 Å². The molecule has 0 spiro atoms. The molecule has 6 heteroatoms. The molecule has 120 valence electrons. The fourth-order valence-corrected chi connectivity index (χ4v) is 3.85. The normalized spacial score (nSPS) is 18.9. The van der Waals surface area contributed by atoms with Crippen LogP contribution in [-0.2, 0) is 0 Å². The Morgan fingerprint density at radius 1 is 1.22 bits per heavy atom. The first-order valence-electron chi connectivity index (χ1n) is 8.04. The third-order valence-corrected chi connectivity index (χ3v) is 5.63. The number of rotatable bonds is 6. The molecule has 0 N–H and O–H groups in total. The Kier molecular flexibility index (Phi) is 3.93. The van der Waals surface area contributed by atoms with Crippen molar-refractivity contribution in [3.8, 4) is 0 Å². The summed E-state index contributed by atoms with van der Waals surface area (Å²) in [6.07, 6.45) is 4.83. The summed E-state index contributed by atoms with van der Waals surface area (Å²) in [5.74, 6) is 1.81. The van der Waals surface area contributed by atoms with Crippen LogP contribution in [-0.4, -0.2) is 25.8 Å². The number of nitrogens with zero attached hydrogens (tertiary/aromatic N) is 3. The lowest BCUT2D eigenvalue weighted by molar-refractivity contribution is 0.0994. The molecule has 1 atom stereocenters. The molecule has 4 nitrogen and oxygen atoms in total. The summed E-state index contributed by atoms with van der Waals surface area (Å²) in [6.45, 7) is 1.93. The molecule has 2 aromatic rings. The highest BCUT2D eigenvalue weighted by Gasteiger charge is 2.37. The Morgan fingerprint density at radius 3 is 2.52 bits per heavy atom. The van der Waals surface area contributed by atoms with E-state index in [1.807, 2.05) is 6.92 Å². The van der Waals surface area contributed by atoms with Gasteiger partial charge in [-0.05, 0) is 56.9 Å². The van der Waals surface area contributed by atoms with E-state index in [4.69, 9.17) is 11.6 Å². The summed E-state index contributed by atoms with van der Waals surface area (Å²) in [4.78, 5) is 12.6. The van der Waals surface area contributed by atoms with E-state index in [2.05, 4.69) is 14.8 Å². The monoisotopic (exact) mass is 347 g/mol. The van der Waals surface area contributed by atoms with E-state index in [1.165, 1.54) is 37.4 Å². The lowest BCUT2D eigenvalue weighted by atomic mass is 10.1. The van der Waals surface area contributed by atoms with Crippen molar-refractivity contribution in [1.29, 1.82) is 0 Å². The van der Waals surface area contributed by atoms with E-state index >= 15 is 0 Å². The van der Waals surface area contributed by atoms with Gasteiger partial charge in [-0.3, -0.25) is 4.79 Å². The molecule has 0 aliphatic heterocycles. The number of benzene rings is 1. The average Bonchev–Trinajstić information content (AvgIpc) is 3.46. The van der Waals surface area contributed by atoms with Crippen molar-refractivity contribution in [1.82, 2.24) is 14.8 Å². The highest BCUT2D eigenvalue weighted by Crippen LogP contribution is 2.46. The third kappa shape index (κ3) is 3.17. The fourth-order valence-electron chi connectivity index (χ4n) is 2.73. The van der Waals surface area contributed by atoms with E-state index in [0.29, 0.717) is 22.5 Å². The minimum atomic E-state index is -0.190. The van der Waals surface area contributed by atoms with Crippen molar-refractivity contribution in [2.45, 2.75) is 55.0 Å². The largest absolute Gasteiger partial charge is 0.303 e. The predicted molar refractivity (Wildman–Crippen MR) is 91.4 cm³/mol. The second-order valence-electron chi connectivity index (χ2n) is 6.35. The Balaban J connectivity index is 1.53. The lowest BCUT2D eigenvalue weighted by Gasteiger charge is -2.12. The first-order valence-corrected chi connectivity index (χ1v) is 9.30. The Bertz CT molecular complexity index is 735. The lowest BCUT2D eigenvalue weighted by Crippen LogP contribution is -2.14. The molecule has 2 aliphatic rings. The van der Waals surface area contributed by atoms with Gasteiger partial charge in [0, 0.05) is 22.5 Å². The van der Waals surface area contributed by atoms with Crippen LogP contribution in [0.4, 0.5) is 0 Å². The molecule has 0 bridgehead atoms.